The predicted octanol–water partition coefficient (Wildman–Crippen LogP) is 2.64. The van der Waals surface area contributed by atoms with Crippen LogP contribution in [0.25, 0.3) is 11.0 Å². The van der Waals surface area contributed by atoms with Crippen molar-refractivity contribution < 1.29 is 0 Å². The Labute approximate surface area is 150 Å². The number of hydrogen-bond donors (Lipinski definition) is 2. The Morgan fingerprint density at radius 1 is 1.28 bits per heavy atom. The van der Waals surface area contributed by atoms with Crippen LogP contribution in [0.4, 0.5) is 5.69 Å². The number of H-pyrrole nitrogens is 1. The smallest absolute Gasteiger partial charge is 0.141 e. The number of anilines is 1. The summed E-state index contributed by atoms with van der Waals surface area (Å²) in [6, 6.07) is 4.37. The first-order chi connectivity index (χ1) is 12.2. The summed E-state index contributed by atoms with van der Waals surface area (Å²) in [5.41, 5.74) is 5.62. The van der Waals surface area contributed by atoms with Crippen LogP contribution in [0.1, 0.15) is 29.8 Å². The Balaban J connectivity index is 1.61. The summed E-state index contributed by atoms with van der Waals surface area (Å²) in [6.07, 6.45) is 4.55. The topological polar surface area (TPSA) is 69.7 Å². The molecule has 3 aromatic heterocycles. The maximum Gasteiger partial charge on any atom is 0.141 e. The molecular formula is C18H19ClN6. The lowest BCUT2D eigenvalue weighted by Gasteiger charge is -2.38. The third-order valence-corrected chi connectivity index (χ3v) is 5.56. The van der Waals surface area contributed by atoms with Crippen LogP contribution in [0, 0.1) is 0 Å². The maximum absolute atomic E-state index is 6.27. The second kappa shape index (κ2) is 5.68. The summed E-state index contributed by atoms with van der Waals surface area (Å²) >= 11 is 6.27. The lowest BCUT2D eigenvalue weighted by molar-refractivity contribution is 0.431. The van der Waals surface area contributed by atoms with Gasteiger partial charge in [-0.25, -0.2) is 15.0 Å². The van der Waals surface area contributed by atoms with Crippen molar-refractivity contribution in [3.05, 3.63) is 46.8 Å². The number of rotatable bonds is 2. The van der Waals surface area contributed by atoms with Gasteiger partial charge in [0.2, 0.25) is 0 Å². The Morgan fingerprint density at radius 2 is 2.16 bits per heavy atom. The van der Waals surface area contributed by atoms with Gasteiger partial charge in [0, 0.05) is 55.2 Å². The number of nitrogens with zero attached hydrogens (tertiary/aromatic N) is 4. The molecule has 0 spiro atoms. The van der Waals surface area contributed by atoms with Gasteiger partial charge in [-0.1, -0.05) is 11.6 Å². The summed E-state index contributed by atoms with van der Waals surface area (Å²) in [5.74, 6) is 0.500. The number of nitrogens with one attached hydrogen (secondary N) is 2. The van der Waals surface area contributed by atoms with Crippen molar-refractivity contribution in [2.24, 2.45) is 0 Å². The van der Waals surface area contributed by atoms with Gasteiger partial charge in [0.1, 0.15) is 17.1 Å². The number of fused-ring (bicyclic) bond motifs is 2. The van der Waals surface area contributed by atoms with Gasteiger partial charge in [-0.05, 0) is 19.1 Å². The summed E-state index contributed by atoms with van der Waals surface area (Å²) in [4.78, 5) is 19.1. The SMILES string of the molecule is C[C@@H]1Cc2ncnc(C3CNC3)c2CN1c1cc(Cl)nc2[nH]ccc12. The molecule has 5 heterocycles. The molecule has 1 fully saturated rings. The molecule has 128 valence electrons. The van der Waals surface area contributed by atoms with E-state index in [0.717, 1.165) is 42.8 Å². The van der Waals surface area contributed by atoms with Gasteiger partial charge >= 0.3 is 0 Å². The molecule has 0 aliphatic carbocycles. The third kappa shape index (κ3) is 2.40. The summed E-state index contributed by atoms with van der Waals surface area (Å²) in [6.45, 7) is 5.05. The van der Waals surface area contributed by atoms with Crippen LogP contribution in [0.15, 0.2) is 24.7 Å². The molecule has 0 radical (unpaired) electrons. The van der Waals surface area contributed by atoms with Gasteiger partial charge < -0.3 is 15.2 Å². The Morgan fingerprint density at radius 3 is 2.96 bits per heavy atom. The van der Waals surface area contributed by atoms with E-state index in [-0.39, 0.29) is 0 Å². The molecule has 1 atom stereocenters. The lowest BCUT2D eigenvalue weighted by atomic mass is 9.90. The highest BCUT2D eigenvalue weighted by Gasteiger charge is 2.31. The van der Waals surface area contributed by atoms with Gasteiger partial charge in [-0.2, -0.15) is 0 Å². The Kier molecular flexibility index (Phi) is 3.43. The summed E-state index contributed by atoms with van der Waals surface area (Å²) in [7, 11) is 0. The largest absolute Gasteiger partial charge is 0.363 e. The average molecular weight is 355 g/mol. The zero-order valence-electron chi connectivity index (χ0n) is 14.0. The van der Waals surface area contributed by atoms with E-state index < -0.39 is 0 Å². The molecule has 0 aromatic carbocycles. The van der Waals surface area contributed by atoms with Crippen LogP contribution in [0.5, 0.6) is 0 Å². The monoisotopic (exact) mass is 354 g/mol. The zero-order chi connectivity index (χ0) is 17.0. The molecule has 3 aromatic rings. The summed E-state index contributed by atoms with van der Waals surface area (Å²) in [5, 5.41) is 4.95. The predicted molar refractivity (Wildman–Crippen MR) is 98.1 cm³/mol. The van der Waals surface area contributed by atoms with E-state index in [1.54, 1.807) is 6.33 Å². The van der Waals surface area contributed by atoms with E-state index in [1.807, 2.05) is 12.3 Å². The standard InChI is InChI=1S/C18H19ClN6/c1-10-4-14-13(17(23-9-22-14)11-6-20-7-11)8-25(10)15-5-16(19)24-18-12(15)2-3-21-18/h2-3,5,9-11,20H,4,6-8H2,1H3,(H,21,24)/t10-/m1/s1. The second-order valence-electron chi connectivity index (χ2n) is 6.92. The highest BCUT2D eigenvalue weighted by atomic mass is 35.5. The van der Waals surface area contributed by atoms with Gasteiger partial charge in [-0.3, -0.25) is 0 Å². The Hall–Kier alpha value is -2.18. The normalized spacial score (nSPS) is 20.6. The van der Waals surface area contributed by atoms with Gasteiger partial charge in [0.25, 0.3) is 0 Å². The van der Waals surface area contributed by atoms with Crippen molar-refractivity contribution in [1.82, 2.24) is 25.3 Å². The molecule has 1 saturated heterocycles. The van der Waals surface area contributed by atoms with E-state index in [9.17, 15) is 0 Å². The van der Waals surface area contributed by atoms with Gasteiger partial charge in [0.05, 0.1) is 17.1 Å². The van der Waals surface area contributed by atoms with Gasteiger partial charge in [-0.15, -0.1) is 0 Å². The fourth-order valence-corrected chi connectivity index (χ4v) is 4.10. The fourth-order valence-electron chi connectivity index (χ4n) is 3.91. The maximum atomic E-state index is 6.27. The number of aromatic nitrogens is 4. The Bertz CT molecular complexity index is 948. The minimum absolute atomic E-state index is 0.339. The number of pyridine rings is 1. The van der Waals surface area contributed by atoms with E-state index in [4.69, 9.17) is 11.6 Å². The van der Waals surface area contributed by atoms with Crippen molar-refractivity contribution in [2.75, 3.05) is 18.0 Å². The molecule has 0 bridgehead atoms. The minimum atomic E-state index is 0.339. The summed E-state index contributed by atoms with van der Waals surface area (Å²) < 4.78 is 0. The van der Waals surface area contributed by atoms with E-state index in [2.05, 4.69) is 43.1 Å². The van der Waals surface area contributed by atoms with Crippen LogP contribution in [0.3, 0.4) is 0 Å². The van der Waals surface area contributed by atoms with Crippen LogP contribution in [0.2, 0.25) is 5.15 Å². The van der Waals surface area contributed by atoms with Crippen molar-refractivity contribution in [3.8, 4) is 0 Å². The first-order valence-electron chi connectivity index (χ1n) is 8.64. The van der Waals surface area contributed by atoms with E-state index in [0.29, 0.717) is 17.1 Å². The lowest BCUT2D eigenvalue weighted by Crippen LogP contribution is -2.44. The van der Waals surface area contributed by atoms with Gasteiger partial charge in [0.15, 0.2) is 0 Å². The molecule has 25 heavy (non-hydrogen) atoms. The van der Waals surface area contributed by atoms with Crippen molar-refractivity contribution in [3.63, 3.8) is 0 Å². The zero-order valence-corrected chi connectivity index (χ0v) is 14.7. The first-order valence-corrected chi connectivity index (χ1v) is 9.02. The third-order valence-electron chi connectivity index (χ3n) is 5.37. The minimum Gasteiger partial charge on any atom is -0.363 e. The number of hydrogen-bond acceptors (Lipinski definition) is 5. The molecule has 0 unspecified atom stereocenters. The molecule has 2 N–H and O–H groups in total. The second-order valence-corrected chi connectivity index (χ2v) is 7.31. The van der Waals surface area contributed by atoms with E-state index in [1.165, 1.54) is 17.0 Å². The van der Waals surface area contributed by atoms with E-state index >= 15 is 0 Å². The molecule has 2 aliphatic heterocycles. The molecule has 2 aliphatic rings. The molecular weight excluding hydrogens is 336 g/mol. The van der Waals surface area contributed by atoms with Crippen LogP contribution in [-0.2, 0) is 13.0 Å². The highest BCUT2D eigenvalue weighted by molar-refractivity contribution is 6.30. The van der Waals surface area contributed by atoms with Crippen LogP contribution >= 0.6 is 11.6 Å². The average Bonchev–Trinajstić information content (AvgIpc) is 3.00. The highest BCUT2D eigenvalue weighted by Crippen LogP contribution is 2.36. The van der Waals surface area contributed by atoms with Crippen LogP contribution in [-0.4, -0.2) is 39.1 Å². The quantitative estimate of drug-likeness (QED) is 0.692. The fraction of sp³-hybridized carbons (Fsp3) is 0.389. The molecule has 7 heteroatoms. The molecule has 5 rings (SSSR count). The molecule has 6 nitrogen and oxygen atoms in total. The number of halogens is 1. The van der Waals surface area contributed by atoms with Crippen LogP contribution < -0.4 is 10.2 Å². The van der Waals surface area contributed by atoms with Crippen molar-refractivity contribution in [2.45, 2.75) is 31.8 Å². The van der Waals surface area contributed by atoms with Crippen molar-refractivity contribution >= 4 is 28.3 Å². The van der Waals surface area contributed by atoms with Crippen molar-refractivity contribution in [1.29, 1.82) is 0 Å². The molecule has 0 amide bonds. The number of aromatic amines is 1. The molecule has 0 saturated carbocycles. The first kappa shape index (κ1) is 15.1.